The van der Waals surface area contributed by atoms with Crippen LogP contribution < -0.4 is 0 Å². The number of unbranched alkanes of at least 4 members (excludes halogenated alkanes) is 1. The van der Waals surface area contributed by atoms with E-state index < -0.39 is 18.2 Å². The first-order chi connectivity index (χ1) is 8.61. The maximum atomic E-state index is 11.4. The Morgan fingerprint density at radius 3 is 2.78 bits per heavy atom. The van der Waals surface area contributed by atoms with Gasteiger partial charge in [0.25, 0.3) is 0 Å². The summed E-state index contributed by atoms with van der Waals surface area (Å²) in [5.74, 6) is -0.778. The minimum atomic E-state index is -1.51. The third-order valence-electron chi connectivity index (χ3n) is 2.68. The van der Waals surface area contributed by atoms with Gasteiger partial charge in [-0.1, -0.05) is 13.3 Å². The Hall–Kier alpha value is -0.910. The summed E-state index contributed by atoms with van der Waals surface area (Å²) < 4.78 is 4.70. The van der Waals surface area contributed by atoms with E-state index in [0.717, 1.165) is 24.8 Å². The van der Waals surface area contributed by atoms with Crippen molar-refractivity contribution in [3.05, 3.63) is 21.9 Å². The number of aliphatic hydroxyl groups is 2. The molecule has 1 rings (SSSR count). The summed E-state index contributed by atoms with van der Waals surface area (Å²) in [6.07, 6.45) is 0.222. The molecule has 1 aromatic heterocycles. The maximum Gasteiger partial charge on any atom is 0.338 e. The van der Waals surface area contributed by atoms with Gasteiger partial charge in [-0.2, -0.15) is 0 Å². The molecule has 0 aliphatic carbocycles. The highest BCUT2D eigenvalue weighted by Gasteiger charge is 2.29. The number of hydrogen-bond donors (Lipinski definition) is 2. The summed E-state index contributed by atoms with van der Waals surface area (Å²) in [5, 5.41) is 21.6. The van der Waals surface area contributed by atoms with Gasteiger partial charge in [-0.25, -0.2) is 4.79 Å². The molecule has 2 unspecified atom stereocenters. The van der Waals surface area contributed by atoms with Crippen molar-refractivity contribution in [3.63, 3.8) is 0 Å². The molecular weight excluding hydrogens is 252 g/mol. The van der Waals surface area contributed by atoms with Gasteiger partial charge < -0.3 is 14.9 Å². The van der Waals surface area contributed by atoms with Crippen LogP contribution in [0.25, 0.3) is 0 Å². The molecule has 0 fully saturated rings. The molecule has 0 saturated carbocycles. The van der Waals surface area contributed by atoms with Crippen LogP contribution in [0.4, 0.5) is 0 Å². The van der Waals surface area contributed by atoms with Crippen molar-refractivity contribution >= 4 is 17.3 Å². The molecule has 2 atom stereocenters. The summed E-state index contributed by atoms with van der Waals surface area (Å²) in [7, 11) is 0. The van der Waals surface area contributed by atoms with Crippen molar-refractivity contribution < 1.29 is 19.7 Å². The zero-order chi connectivity index (χ0) is 13.5. The van der Waals surface area contributed by atoms with Crippen LogP contribution in [0.2, 0.25) is 0 Å². The molecule has 1 aromatic rings. The van der Waals surface area contributed by atoms with Crippen LogP contribution in [-0.4, -0.2) is 28.9 Å². The lowest BCUT2D eigenvalue weighted by atomic mass is 10.0. The Bertz CT molecular complexity index is 375. The molecule has 0 amide bonds. The fourth-order valence-corrected chi connectivity index (χ4v) is 2.65. The second kappa shape index (κ2) is 7.51. The molecule has 0 aliphatic heterocycles. The highest BCUT2D eigenvalue weighted by Crippen LogP contribution is 2.28. The van der Waals surface area contributed by atoms with Crippen molar-refractivity contribution in [1.82, 2.24) is 0 Å². The summed E-state index contributed by atoms with van der Waals surface area (Å²) in [4.78, 5) is 12.0. The van der Waals surface area contributed by atoms with Gasteiger partial charge in [-0.15, -0.1) is 11.3 Å². The molecule has 0 bridgehead atoms. The normalized spacial score (nSPS) is 14.2. The zero-order valence-corrected chi connectivity index (χ0v) is 11.6. The molecule has 4 nitrogen and oxygen atoms in total. The van der Waals surface area contributed by atoms with E-state index in [1.54, 1.807) is 6.92 Å². The number of thiophene rings is 1. The van der Waals surface area contributed by atoms with E-state index in [-0.39, 0.29) is 6.61 Å². The maximum absolute atomic E-state index is 11.4. The Kier molecular flexibility index (Phi) is 6.32. The molecule has 0 radical (unpaired) electrons. The SMILES string of the molecule is CCCCc1ccsc1C(O)C(O)C(=O)OCC. The number of aliphatic hydroxyl groups excluding tert-OH is 2. The fraction of sp³-hybridized carbons (Fsp3) is 0.615. The number of esters is 1. The van der Waals surface area contributed by atoms with E-state index in [4.69, 9.17) is 4.74 Å². The van der Waals surface area contributed by atoms with Crippen molar-refractivity contribution in [2.45, 2.75) is 45.3 Å². The predicted octanol–water partition coefficient (Wildman–Crippen LogP) is 2.05. The first kappa shape index (κ1) is 15.1. The smallest absolute Gasteiger partial charge is 0.338 e. The van der Waals surface area contributed by atoms with Gasteiger partial charge in [0.15, 0.2) is 6.10 Å². The van der Waals surface area contributed by atoms with Crippen LogP contribution in [-0.2, 0) is 16.0 Å². The Balaban J connectivity index is 2.73. The molecule has 0 aromatic carbocycles. The molecule has 0 aliphatic rings. The molecule has 0 spiro atoms. The lowest BCUT2D eigenvalue weighted by Gasteiger charge is -2.16. The summed E-state index contributed by atoms with van der Waals surface area (Å²) in [6, 6.07) is 1.93. The minimum absolute atomic E-state index is 0.190. The van der Waals surface area contributed by atoms with Crippen molar-refractivity contribution in [2.75, 3.05) is 6.61 Å². The quantitative estimate of drug-likeness (QED) is 0.746. The second-order valence-electron chi connectivity index (χ2n) is 4.06. The van der Waals surface area contributed by atoms with E-state index in [9.17, 15) is 15.0 Å². The van der Waals surface area contributed by atoms with Crippen molar-refractivity contribution in [2.24, 2.45) is 0 Å². The average molecular weight is 272 g/mol. The largest absolute Gasteiger partial charge is 0.464 e. The van der Waals surface area contributed by atoms with Crippen LogP contribution in [0, 0.1) is 0 Å². The van der Waals surface area contributed by atoms with Crippen LogP contribution in [0.5, 0.6) is 0 Å². The van der Waals surface area contributed by atoms with E-state index in [1.807, 2.05) is 11.4 Å². The summed E-state index contributed by atoms with van der Waals surface area (Å²) >= 11 is 1.35. The zero-order valence-electron chi connectivity index (χ0n) is 10.8. The lowest BCUT2D eigenvalue weighted by molar-refractivity contribution is -0.159. The number of rotatable bonds is 7. The average Bonchev–Trinajstić information content (AvgIpc) is 2.83. The Morgan fingerprint density at radius 2 is 2.17 bits per heavy atom. The van der Waals surface area contributed by atoms with Gasteiger partial charge >= 0.3 is 5.97 Å². The van der Waals surface area contributed by atoms with E-state index in [2.05, 4.69) is 6.92 Å². The predicted molar refractivity (Wildman–Crippen MR) is 70.5 cm³/mol. The third-order valence-corrected chi connectivity index (χ3v) is 3.71. The monoisotopic (exact) mass is 272 g/mol. The van der Waals surface area contributed by atoms with Crippen molar-refractivity contribution in [1.29, 1.82) is 0 Å². The molecule has 18 heavy (non-hydrogen) atoms. The number of carbonyl (C=O) groups is 1. The molecule has 102 valence electrons. The molecule has 2 N–H and O–H groups in total. The van der Waals surface area contributed by atoms with Gasteiger partial charge in [0.1, 0.15) is 6.10 Å². The highest BCUT2D eigenvalue weighted by molar-refractivity contribution is 7.10. The first-order valence-corrected chi connectivity index (χ1v) is 7.08. The van der Waals surface area contributed by atoms with Gasteiger partial charge in [-0.3, -0.25) is 0 Å². The van der Waals surface area contributed by atoms with Crippen molar-refractivity contribution in [3.8, 4) is 0 Å². The fourth-order valence-electron chi connectivity index (χ4n) is 1.68. The summed E-state index contributed by atoms with van der Waals surface area (Å²) in [6.45, 7) is 3.94. The summed E-state index contributed by atoms with van der Waals surface area (Å²) in [5.41, 5.74) is 0.998. The molecule has 0 saturated heterocycles. The number of hydrogen-bond acceptors (Lipinski definition) is 5. The van der Waals surface area contributed by atoms with Gasteiger partial charge in [0, 0.05) is 4.88 Å². The van der Waals surface area contributed by atoms with Gasteiger partial charge in [-0.05, 0) is 36.8 Å². The Labute approximate surface area is 111 Å². The van der Waals surface area contributed by atoms with Crippen LogP contribution in [0.3, 0.4) is 0 Å². The van der Waals surface area contributed by atoms with Gasteiger partial charge in [0.2, 0.25) is 0 Å². The topological polar surface area (TPSA) is 66.8 Å². The standard InChI is InChI=1S/C13H20O4S/c1-3-5-6-9-7-8-18-12(9)10(14)11(15)13(16)17-4-2/h7-8,10-11,14-15H,3-6H2,1-2H3. The number of carbonyl (C=O) groups excluding carboxylic acids is 1. The molecule has 5 heteroatoms. The molecular formula is C13H20O4S. The van der Waals surface area contributed by atoms with Gasteiger partial charge in [0.05, 0.1) is 6.61 Å². The second-order valence-corrected chi connectivity index (χ2v) is 5.00. The third kappa shape index (κ3) is 3.80. The number of aryl methyl sites for hydroxylation is 1. The Morgan fingerprint density at radius 1 is 1.44 bits per heavy atom. The van der Waals surface area contributed by atoms with E-state index >= 15 is 0 Å². The van der Waals surface area contributed by atoms with Crippen LogP contribution in [0.15, 0.2) is 11.4 Å². The minimum Gasteiger partial charge on any atom is -0.464 e. The lowest BCUT2D eigenvalue weighted by Crippen LogP contribution is -2.29. The van der Waals surface area contributed by atoms with Crippen LogP contribution in [0.1, 0.15) is 43.2 Å². The number of ether oxygens (including phenoxy) is 1. The van der Waals surface area contributed by atoms with E-state index in [1.165, 1.54) is 11.3 Å². The van der Waals surface area contributed by atoms with E-state index in [0.29, 0.717) is 4.88 Å². The first-order valence-electron chi connectivity index (χ1n) is 6.20. The highest BCUT2D eigenvalue weighted by atomic mass is 32.1. The molecule has 1 heterocycles. The van der Waals surface area contributed by atoms with Crippen LogP contribution >= 0.6 is 11.3 Å².